The van der Waals surface area contributed by atoms with E-state index >= 15 is 0 Å². The van der Waals surface area contributed by atoms with Crippen LogP contribution < -0.4 is 9.47 Å². The maximum absolute atomic E-state index is 9.10. The van der Waals surface area contributed by atoms with E-state index in [1.165, 1.54) is 11.1 Å². The van der Waals surface area contributed by atoms with Gasteiger partial charge in [0, 0.05) is 37.8 Å². The van der Waals surface area contributed by atoms with Gasteiger partial charge in [0.05, 0.1) is 14.2 Å². The molecule has 0 aliphatic rings. The van der Waals surface area contributed by atoms with Crippen LogP contribution in [0.2, 0.25) is 0 Å². The summed E-state index contributed by atoms with van der Waals surface area (Å²) in [5, 5.41) is 14.8. The fourth-order valence-electron chi connectivity index (χ4n) is 2.62. The van der Waals surface area contributed by atoms with Gasteiger partial charge in [-0.15, -0.1) is 0 Å². The summed E-state index contributed by atoms with van der Waals surface area (Å²) in [5.41, 5.74) is 2.50. The predicted octanol–water partition coefficient (Wildman–Crippen LogP) is 2.42. The largest absolute Gasteiger partial charge is 0.497 e. The van der Waals surface area contributed by atoms with Crippen LogP contribution in [0.25, 0.3) is 0 Å². The molecule has 0 amide bonds. The molecule has 0 saturated heterocycles. The molecule has 0 spiro atoms. The van der Waals surface area contributed by atoms with Gasteiger partial charge in [0.2, 0.25) is 0 Å². The van der Waals surface area contributed by atoms with Crippen molar-refractivity contribution >= 4 is 11.9 Å². The average Bonchev–Trinajstić information content (AvgIpc) is 2.73. The van der Waals surface area contributed by atoms with Crippen LogP contribution in [0.3, 0.4) is 0 Å². The first-order chi connectivity index (χ1) is 14.3. The highest BCUT2D eigenvalue weighted by molar-refractivity contribution is 6.27. The Morgan fingerprint density at radius 3 is 2.00 bits per heavy atom. The van der Waals surface area contributed by atoms with Crippen molar-refractivity contribution in [1.82, 2.24) is 9.80 Å². The Balaban J connectivity index is 0.000000656. The Hall–Kier alpha value is -3.10. The summed E-state index contributed by atoms with van der Waals surface area (Å²) in [7, 11) is 7.59. The molecular formula is C22H30N2O6. The van der Waals surface area contributed by atoms with E-state index < -0.39 is 11.9 Å². The molecule has 0 aliphatic carbocycles. The molecule has 0 unspecified atom stereocenters. The normalized spacial score (nSPS) is 10.3. The third kappa shape index (κ3) is 9.40. The number of benzene rings is 2. The van der Waals surface area contributed by atoms with E-state index in [4.69, 9.17) is 29.3 Å². The number of hydrogen-bond acceptors (Lipinski definition) is 6. The summed E-state index contributed by atoms with van der Waals surface area (Å²) < 4.78 is 10.8. The van der Waals surface area contributed by atoms with Crippen LogP contribution in [-0.4, -0.2) is 73.4 Å². The van der Waals surface area contributed by atoms with Gasteiger partial charge < -0.3 is 24.6 Å². The summed E-state index contributed by atoms with van der Waals surface area (Å²) in [6.07, 6.45) is 0. The zero-order chi connectivity index (χ0) is 22.5. The molecule has 2 N–H and O–H groups in total. The molecule has 0 aliphatic heterocycles. The second-order valence-electron chi connectivity index (χ2n) is 6.79. The van der Waals surface area contributed by atoms with E-state index in [1.54, 1.807) is 14.2 Å². The van der Waals surface area contributed by atoms with Gasteiger partial charge in [0.25, 0.3) is 0 Å². The first-order valence-corrected chi connectivity index (χ1v) is 9.35. The number of methoxy groups -OCH3 is 2. The lowest BCUT2D eigenvalue weighted by atomic mass is 10.1. The Morgan fingerprint density at radius 2 is 1.50 bits per heavy atom. The molecule has 164 valence electrons. The molecule has 0 aromatic heterocycles. The number of carbonyl (C=O) groups is 2. The Morgan fingerprint density at radius 1 is 0.867 bits per heavy atom. The Kier molecular flexibility index (Phi) is 11.0. The number of rotatable bonds is 9. The van der Waals surface area contributed by atoms with Gasteiger partial charge in [-0.25, -0.2) is 9.59 Å². The highest BCUT2D eigenvalue weighted by Gasteiger charge is 2.12. The number of carboxylic acid groups (broad SMARTS) is 2. The van der Waals surface area contributed by atoms with Crippen molar-refractivity contribution in [2.75, 3.05) is 41.4 Å². The second-order valence-corrected chi connectivity index (χ2v) is 6.79. The molecule has 0 fully saturated rings. The summed E-state index contributed by atoms with van der Waals surface area (Å²) in [5.74, 6) is -1.96. The predicted molar refractivity (Wildman–Crippen MR) is 114 cm³/mol. The van der Waals surface area contributed by atoms with Crippen LogP contribution in [-0.2, 0) is 22.7 Å². The van der Waals surface area contributed by atoms with E-state index in [0.717, 1.165) is 37.7 Å². The molecule has 0 heterocycles. The van der Waals surface area contributed by atoms with Crippen molar-refractivity contribution in [1.29, 1.82) is 0 Å². The van der Waals surface area contributed by atoms with Crippen molar-refractivity contribution in [2.24, 2.45) is 0 Å². The molecule has 2 rings (SSSR count). The van der Waals surface area contributed by atoms with Crippen LogP contribution in [0.1, 0.15) is 11.1 Å². The van der Waals surface area contributed by atoms with Crippen molar-refractivity contribution in [3.63, 3.8) is 0 Å². The van der Waals surface area contributed by atoms with Crippen LogP contribution in [0, 0.1) is 0 Å². The van der Waals surface area contributed by atoms with Crippen LogP contribution in [0.4, 0.5) is 0 Å². The van der Waals surface area contributed by atoms with E-state index in [-0.39, 0.29) is 0 Å². The van der Waals surface area contributed by atoms with E-state index in [1.807, 2.05) is 12.1 Å². The molecule has 2 aromatic rings. The molecule has 0 atom stereocenters. The smallest absolute Gasteiger partial charge is 0.414 e. The monoisotopic (exact) mass is 418 g/mol. The quantitative estimate of drug-likeness (QED) is 0.599. The summed E-state index contributed by atoms with van der Waals surface area (Å²) in [6.45, 7) is 3.78. The summed E-state index contributed by atoms with van der Waals surface area (Å²) >= 11 is 0. The minimum atomic E-state index is -1.82. The summed E-state index contributed by atoms with van der Waals surface area (Å²) in [6, 6.07) is 16.6. The fraction of sp³-hybridized carbons (Fsp3) is 0.364. The van der Waals surface area contributed by atoms with Crippen LogP contribution >= 0.6 is 0 Å². The van der Waals surface area contributed by atoms with Crippen molar-refractivity contribution in [2.45, 2.75) is 13.1 Å². The highest BCUT2D eigenvalue weighted by atomic mass is 16.5. The zero-order valence-electron chi connectivity index (χ0n) is 17.9. The van der Waals surface area contributed by atoms with Gasteiger partial charge in [-0.1, -0.05) is 36.4 Å². The van der Waals surface area contributed by atoms with Gasteiger partial charge in [0.1, 0.15) is 11.5 Å². The van der Waals surface area contributed by atoms with Gasteiger partial charge in [-0.2, -0.15) is 0 Å². The van der Waals surface area contributed by atoms with Gasteiger partial charge in [0.15, 0.2) is 0 Å². The van der Waals surface area contributed by atoms with Crippen molar-refractivity contribution < 1.29 is 29.3 Å². The fourth-order valence-corrected chi connectivity index (χ4v) is 2.62. The van der Waals surface area contributed by atoms with Crippen LogP contribution in [0.5, 0.6) is 11.5 Å². The van der Waals surface area contributed by atoms with Gasteiger partial charge in [-0.3, -0.25) is 4.90 Å². The third-order valence-electron chi connectivity index (χ3n) is 4.18. The number of nitrogens with zero attached hydrogens (tertiary/aromatic N) is 2. The molecule has 8 heteroatoms. The first-order valence-electron chi connectivity index (χ1n) is 9.35. The number of likely N-dealkylation sites (N-methyl/N-ethyl adjacent to an activating group) is 1. The maximum Gasteiger partial charge on any atom is 0.414 e. The second kappa shape index (κ2) is 13.2. The molecule has 8 nitrogen and oxygen atoms in total. The molecule has 0 bridgehead atoms. The van der Waals surface area contributed by atoms with E-state index in [0.29, 0.717) is 0 Å². The van der Waals surface area contributed by atoms with Gasteiger partial charge >= 0.3 is 11.9 Å². The topological polar surface area (TPSA) is 99.5 Å². The SMILES string of the molecule is COc1ccc(CN(CCN(C)C)Cc2ccccc2)c(OC)c1.O=C(O)C(=O)O. The third-order valence-corrected chi connectivity index (χ3v) is 4.18. The lowest BCUT2D eigenvalue weighted by Gasteiger charge is -2.25. The lowest BCUT2D eigenvalue weighted by Crippen LogP contribution is -2.31. The number of hydrogen-bond donors (Lipinski definition) is 2. The van der Waals surface area contributed by atoms with Gasteiger partial charge in [-0.05, 0) is 25.7 Å². The molecular weight excluding hydrogens is 388 g/mol. The molecule has 0 radical (unpaired) electrons. The maximum atomic E-state index is 9.10. The number of ether oxygens (including phenoxy) is 2. The standard InChI is InChI=1S/C20H28N2O2.C2H2O4/c1-21(2)12-13-22(15-17-8-6-5-7-9-17)16-18-10-11-19(23-3)14-20(18)24-4;3-1(4)2(5)6/h5-11,14H,12-13,15-16H2,1-4H3;(H,3,4)(H,5,6). The zero-order valence-corrected chi connectivity index (χ0v) is 17.9. The summed E-state index contributed by atoms with van der Waals surface area (Å²) in [4.78, 5) is 22.9. The van der Waals surface area contributed by atoms with Crippen molar-refractivity contribution in [3.05, 3.63) is 59.7 Å². The number of carboxylic acids is 2. The van der Waals surface area contributed by atoms with E-state index in [2.05, 4.69) is 60.3 Å². The molecule has 30 heavy (non-hydrogen) atoms. The molecule has 2 aromatic carbocycles. The first kappa shape index (κ1) is 24.9. The highest BCUT2D eigenvalue weighted by Crippen LogP contribution is 2.26. The average molecular weight is 418 g/mol. The van der Waals surface area contributed by atoms with Crippen molar-refractivity contribution in [3.8, 4) is 11.5 Å². The molecule has 0 saturated carbocycles. The van der Waals surface area contributed by atoms with Crippen LogP contribution in [0.15, 0.2) is 48.5 Å². The minimum absolute atomic E-state index is 0.818. The van der Waals surface area contributed by atoms with E-state index in [9.17, 15) is 0 Å². The lowest BCUT2D eigenvalue weighted by molar-refractivity contribution is -0.159. The minimum Gasteiger partial charge on any atom is -0.497 e. The number of aliphatic carboxylic acids is 2. The Bertz CT molecular complexity index is 783. The Labute approximate surface area is 177 Å².